The summed E-state index contributed by atoms with van der Waals surface area (Å²) in [4.78, 5) is 0. The molecule has 27 heavy (non-hydrogen) atoms. The van der Waals surface area contributed by atoms with Crippen LogP contribution in [0.4, 0.5) is 13.2 Å². The van der Waals surface area contributed by atoms with Crippen molar-refractivity contribution in [2.75, 3.05) is 13.1 Å². The maximum absolute atomic E-state index is 13.3. The van der Waals surface area contributed by atoms with Crippen LogP contribution >= 0.6 is 12.4 Å². The number of halogens is 4. The van der Waals surface area contributed by atoms with Gasteiger partial charge in [-0.25, -0.2) is 0 Å². The Hall–Kier alpha value is -1.98. The van der Waals surface area contributed by atoms with Gasteiger partial charge in [0.05, 0.1) is 5.56 Å². The van der Waals surface area contributed by atoms with Crippen molar-refractivity contribution in [3.63, 3.8) is 0 Å². The number of alkyl halides is 3. The number of piperidine rings is 1. The highest BCUT2D eigenvalue weighted by Gasteiger charge is 2.33. The van der Waals surface area contributed by atoms with Crippen molar-refractivity contribution in [2.45, 2.75) is 31.5 Å². The molecule has 6 heteroatoms. The summed E-state index contributed by atoms with van der Waals surface area (Å²) in [6, 6.07) is 13.9. The number of aromatic nitrogens is 1. The van der Waals surface area contributed by atoms with Gasteiger partial charge in [-0.15, -0.1) is 12.4 Å². The molecule has 0 radical (unpaired) electrons. The highest BCUT2D eigenvalue weighted by atomic mass is 35.5. The van der Waals surface area contributed by atoms with Crippen molar-refractivity contribution >= 4 is 23.3 Å². The normalized spacial score (nSPS) is 15.7. The van der Waals surface area contributed by atoms with E-state index in [0.29, 0.717) is 11.5 Å². The average Bonchev–Trinajstić information content (AvgIpc) is 3.01. The molecule has 1 aliphatic heterocycles. The van der Waals surface area contributed by atoms with Gasteiger partial charge < -0.3 is 9.88 Å². The Bertz CT molecular complexity index is 911. The van der Waals surface area contributed by atoms with Crippen LogP contribution in [-0.2, 0) is 12.7 Å². The molecule has 1 saturated heterocycles. The van der Waals surface area contributed by atoms with Crippen LogP contribution in [0.25, 0.3) is 10.9 Å². The van der Waals surface area contributed by atoms with Crippen molar-refractivity contribution in [3.8, 4) is 0 Å². The number of rotatable bonds is 3. The van der Waals surface area contributed by atoms with Crippen LogP contribution in [0.1, 0.15) is 35.4 Å². The Kier molecular flexibility index (Phi) is 5.82. The summed E-state index contributed by atoms with van der Waals surface area (Å²) in [6.45, 7) is 2.20. The van der Waals surface area contributed by atoms with Crippen LogP contribution in [0.15, 0.2) is 54.7 Å². The number of benzene rings is 2. The molecule has 0 spiro atoms. The number of hydrogen-bond acceptors (Lipinski definition) is 1. The average molecular weight is 395 g/mol. The van der Waals surface area contributed by atoms with Crippen molar-refractivity contribution < 1.29 is 13.2 Å². The zero-order chi connectivity index (χ0) is 18.1. The monoisotopic (exact) mass is 394 g/mol. The van der Waals surface area contributed by atoms with E-state index in [0.717, 1.165) is 42.9 Å². The summed E-state index contributed by atoms with van der Waals surface area (Å²) in [5.74, 6) is 0.459. The minimum Gasteiger partial charge on any atom is -0.343 e. The number of nitrogens with one attached hydrogen (secondary N) is 1. The van der Waals surface area contributed by atoms with Crippen LogP contribution in [0.2, 0.25) is 0 Å². The lowest BCUT2D eigenvalue weighted by Gasteiger charge is -2.22. The van der Waals surface area contributed by atoms with E-state index in [1.807, 2.05) is 22.8 Å². The van der Waals surface area contributed by atoms with Gasteiger partial charge in [0.15, 0.2) is 0 Å². The summed E-state index contributed by atoms with van der Waals surface area (Å²) < 4.78 is 42.0. The van der Waals surface area contributed by atoms with Crippen molar-refractivity contribution in [3.05, 3.63) is 71.4 Å². The SMILES string of the molecule is Cl.FC(F)(F)c1ccccc1Cn1cc(C2CCNCC2)c2ccccc21. The van der Waals surface area contributed by atoms with Gasteiger partial charge in [-0.3, -0.25) is 0 Å². The molecule has 1 fully saturated rings. The molecular formula is C21H22ClF3N2. The van der Waals surface area contributed by atoms with Gasteiger partial charge in [-0.1, -0.05) is 36.4 Å². The third kappa shape index (κ3) is 3.99. The zero-order valence-corrected chi connectivity index (χ0v) is 15.6. The maximum atomic E-state index is 13.3. The molecular weight excluding hydrogens is 373 g/mol. The highest BCUT2D eigenvalue weighted by molar-refractivity contribution is 5.85. The van der Waals surface area contributed by atoms with Gasteiger partial charge in [0.1, 0.15) is 0 Å². The first-order valence-electron chi connectivity index (χ1n) is 8.97. The first-order valence-corrected chi connectivity index (χ1v) is 8.97. The lowest BCUT2D eigenvalue weighted by atomic mass is 9.90. The van der Waals surface area contributed by atoms with Gasteiger partial charge in [-0.05, 0) is 55.1 Å². The molecule has 1 aromatic heterocycles. The third-order valence-corrected chi connectivity index (χ3v) is 5.26. The Morgan fingerprint density at radius 2 is 1.63 bits per heavy atom. The fraction of sp³-hybridized carbons (Fsp3) is 0.333. The number of para-hydroxylation sites is 1. The van der Waals surface area contributed by atoms with Gasteiger partial charge >= 0.3 is 6.18 Å². The molecule has 0 unspecified atom stereocenters. The lowest BCUT2D eigenvalue weighted by molar-refractivity contribution is -0.138. The van der Waals surface area contributed by atoms with E-state index in [2.05, 4.69) is 17.6 Å². The molecule has 0 saturated carbocycles. The lowest BCUT2D eigenvalue weighted by Crippen LogP contribution is -2.26. The largest absolute Gasteiger partial charge is 0.416 e. The molecule has 0 aliphatic carbocycles. The van der Waals surface area contributed by atoms with Crippen LogP contribution < -0.4 is 5.32 Å². The predicted octanol–water partition coefficient (Wildman–Crippen LogP) is 5.60. The molecule has 144 valence electrons. The van der Waals surface area contributed by atoms with Gasteiger partial charge in [0.2, 0.25) is 0 Å². The number of hydrogen-bond donors (Lipinski definition) is 1. The first-order chi connectivity index (χ1) is 12.5. The molecule has 0 atom stereocenters. The minimum atomic E-state index is -4.34. The summed E-state index contributed by atoms with van der Waals surface area (Å²) in [5.41, 5.74) is 2.00. The van der Waals surface area contributed by atoms with Gasteiger partial charge in [0.25, 0.3) is 0 Å². The van der Waals surface area contributed by atoms with E-state index in [4.69, 9.17) is 0 Å². The molecule has 0 bridgehead atoms. The topological polar surface area (TPSA) is 17.0 Å². The van der Waals surface area contributed by atoms with E-state index in [9.17, 15) is 13.2 Å². The standard InChI is InChI=1S/C21H21F3N2.ClH/c22-21(23,24)19-7-3-1-5-16(19)13-26-14-18(15-9-11-25-12-10-15)17-6-2-4-8-20(17)26;/h1-8,14-15,25H,9-13H2;1H. The Labute approximate surface area is 162 Å². The maximum Gasteiger partial charge on any atom is 0.416 e. The molecule has 1 N–H and O–H groups in total. The van der Waals surface area contributed by atoms with E-state index >= 15 is 0 Å². The van der Waals surface area contributed by atoms with E-state index in [1.165, 1.54) is 11.6 Å². The van der Waals surface area contributed by atoms with Crippen LogP contribution in [0, 0.1) is 0 Å². The van der Waals surface area contributed by atoms with Gasteiger partial charge in [0, 0.05) is 23.6 Å². The van der Waals surface area contributed by atoms with Crippen molar-refractivity contribution in [2.24, 2.45) is 0 Å². The van der Waals surface area contributed by atoms with Crippen LogP contribution in [-0.4, -0.2) is 17.7 Å². The second-order valence-electron chi connectivity index (χ2n) is 6.91. The molecule has 2 aromatic carbocycles. The second kappa shape index (κ2) is 7.95. The summed E-state index contributed by atoms with van der Waals surface area (Å²) in [6.07, 6.45) is -0.147. The molecule has 4 rings (SSSR count). The molecule has 1 aliphatic rings. The summed E-state index contributed by atoms with van der Waals surface area (Å²) in [7, 11) is 0. The molecule has 2 nitrogen and oxygen atoms in total. The second-order valence-corrected chi connectivity index (χ2v) is 6.91. The van der Waals surface area contributed by atoms with E-state index in [-0.39, 0.29) is 19.0 Å². The van der Waals surface area contributed by atoms with E-state index < -0.39 is 11.7 Å². The fourth-order valence-electron chi connectivity index (χ4n) is 3.98. The van der Waals surface area contributed by atoms with Crippen molar-refractivity contribution in [1.82, 2.24) is 9.88 Å². The summed E-state index contributed by atoms with van der Waals surface area (Å²) in [5, 5.41) is 4.53. The van der Waals surface area contributed by atoms with E-state index in [1.54, 1.807) is 12.1 Å². The molecule has 2 heterocycles. The third-order valence-electron chi connectivity index (χ3n) is 5.26. The quantitative estimate of drug-likeness (QED) is 0.612. The van der Waals surface area contributed by atoms with Gasteiger partial charge in [-0.2, -0.15) is 13.2 Å². The first kappa shape index (κ1) is 19.8. The zero-order valence-electron chi connectivity index (χ0n) is 14.8. The number of nitrogens with zero attached hydrogens (tertiary/aromatic N) is 1. The Morgan fingerprint density at radius 1 is 0.963 bits per heavy atom. The molecule has 3 aromatic rings. The van der Waals surface area contributed by atoms with Crippen LogP contribution in [0.5, 0.6) is 0 Å². The predicted molar refractivity (Wildman–Crippen MR) is 105 cm³/mol. The minimum absolute atomic E-state index is 0. The number of fused-ring (bicyclic) bond motifs is 1. The highest BCUT2D eigenvalue weighted by Crippen LogP contribution is 2.35. The smallest absolute Gasteiger partial charge is 0.343 e. The summed E-state index contributed by atoms with van der Waals surface area (Å²) >= 11 is 0. The van der Waals surface area contributed by atoms with Crippen molar-refractivity contribution in [1.29, 1.82) is 0 Å². The fourth-order valence-corrected chi connectivity index (χ4v) is 3.98. The Balaban J connectivity index is 0.00000210. The molecule has 0 amide bonds. The van der Waals surface area contributed by atoms with Crippen LogP contribution in [0.3, 0.4) is 0 Å². The Morgan fingerprint density at radius 3 is 2.37 bits per heavy atom.